The Hall–Kier alpha value is -2.36. The van der Waals surface area contributed by atoms with Crippen molar-refractivity contribution in [2.24, 2.45) is 7.05 Å². The summed E-state index contributed by atoms with van der Waals surface area (Å²) in [4.78, 5) is 4.58. The number of fused-ring (bicyclic) bond motifs is 1. The van der Waals surface area contributed by atoms with Gasteiger partial charge in [-0.15, -0.1) is 0 Å². The third-order valence-corrected chi connectivity index (χ3v) is 3.61. The number of aryl methyl sites for hydroxylation is 3. The van der Waals surface area contributed by atoms with Crippen molar-refractivity contribution in [2.45, 2.75) is 13.8 Å². The molecule has 0 amide bonds. The normalized spacial score (nSPS) is 11.2. The van der Waals surface area contributed by atoms with Gasteiger partial charge in [0.2, 0.25) is 0 Å². The minimum absolute atomic E-state index is 0.263. The minimum atomic E-state index is -0.263. The summed E-state index contributed by atoms with van der Waals surface area (Å²) >= 11 is 0. The maximum absolute atomic E-state index is 13.4. The molecule has 1 aromatic heterocycles. The van der Waals surface area contributed by atoms with Gasteiger partial charge in [0.1, 0.15) is 11.6 Å². The summed E-state index contributed by atoms with van der Waals surface area (Å²) in [6, 6.07) is 8.66. The summed E-state index contributed by atoms with van der Waals surface area (Å²) in [5.74, 6) is 0.496. The Balaban J connectivity index is 2.33. The fraction of sp³-hybridized carbons (Fsp3) is 0.188. The molecule has 0 radical (unpaired) electrons. The van der Waals surface area contributed by atoms with E-state index in [1.807, 2.05) is 37.6 Å². The van der Waals surface area contributed by atoms with E-state index in [4.69, 9.17) is 5.73 Å². The van der Waals surface area contributed by atoms with Crippen LogP contribution in [0, 0.1) is 19.7 Å². The zero-order chi connectivity index (χ0) is 14.4. The van der Waals surface area contributed by atoms with Gasteiger partial charge in [0.05, 0.1) is 11.0 Å². The van der Waals surface area contributed by atoms with E-state index in [1.165, 1.54) is 12.1 Å². The van der Waals surface area contributed by atoms with Gasteiger partial charge in [0, 0.05) is 18.3 Å². The molecule has 0 fully saturated rings. The van der Waals surface area contributed by atoms with Crippen LogP contribution in [0.5, 0.6) is 0 Å². The molecule has 4 heteroatoms. The fourth-order valence-electron chi connectivity index (χ4n) is 2.57. The molecule has 2 aromatic carbocycles. The van der Waals surface area contributed by atoms with Crippen molar-refractivity contribution in [3.8, 4) is 11.4 Å². The van der Waals surface area contributed by atoms with Gasteiger partial charge in [0.15, 0.2) is 0 Å². The van der Waals surface area contributed by atoms with Crippen LogP contribution >= 0.6 is 0 Å². The van der Waals surface area contributed by atoms with E-state index in [1.54, 1.807) is 6.07 Å². The highest BCUT2D eigenvalue weighted by Gasteiger charge is 2.14. The largest absolute Gasteiger partial charge is 0.398 e. The van der Waals surface area contributed by atoms with E-state index < -0.39 is 0 Å². The van der Waals surface area contributed by atoms with Gasteiger partial charge in [-0.25, -0.2) is 9.37 Å². The number of rotatable bonds is 1. The molecule has 20 heavy (non-hydrogen) atoms. The Kier molecular flexibility index (Phi) is 2.74. The molecule has 3 nitrogen and oxygen atoms in total. The molecular weight excluding hydrogens is 253 g/mol. The van der Waals surface area contributed by atoms with E-state index in [2.05, 4.69) is 4.98 Å². The molecule has 0 atom stereocenters. The van der Waals surface area contributed by atoms with E-state index in [-0.39, 0.29) is 5.82 Å². The molecule has 2 N–H and O–H groups in total. The number of nitrogens with zero attached hydrogens (tertiary/aromatic N) is 2. The molecule has 0 saturated carbocycles. The standard InChI is InChI=1S/C16H16FN3/c1-9-6-10(2)15(18)12(7-9)16-19-13-5-4-11(17)8-14(13)20(16)3/h4-8H,18H2,1-3H3. The van der Waals surface area contributed by atoms with Gasteiger partial charge in [-0.05, 0) is 49.2 Å². The average Bonchev–Trinajstić information content (AvgIpc) is 2.71. The summed E-state index contributed by atoms with van der Waals surface area (Å²) in [6.45, 7) is 4.01. The zero-order valence-electron chi connectivity index (χ0n) is 11.7. The number of benzene rings is 2. The highest BCUT2D eigenvalue weighted by molar-refractivity contribution is 5.84. The summed E-state index contributed by atoms with van der Waals surface area (Å²) in [7, 11) is 1.88. The van der Waals surface area contributed by atoms with Gasteiger partial charge >= 0.3 is 0 Å². The molecule has 0 spiro atoms. The van der Waals surface area contributed by atoms with Crippen molar-refractivity contribution in [3.05, 3.63) is 47.3 Å². The van der Waals surface area contributed by atoms with Gasteiger partial charge in [-0.2, -0.15) is 0 Å². The van der Waals surface area contributed by atoms with E-state index in [0.717, 1.165) is 39.2 Å². The molecule has 3 aromatic rings. The molecular formula is C16H16FN3. The number of hydrogen-bond acceptors (Lipinski definition) is 2. The maximum atomic E-state index is 13.4. The highest BCUT2D eigenvalue weighted by atomic mass is 19.1. The second kappa shape index (κ2) is 4.34. The summed E-state index contributed by atoms with van der Waals surface area (Å²) in [5.41, 5.74) is 11.5. The lowest BCUT2D eigenvalue weighted by Crippen LogP contribution is -1.99. The SMILES string of the molecule is Cc1cc(C)c(N)c(-c2nc3ccc(F)cc3n2C)c1. The maximum Gasteiger partial charge on any atom is 0.142 e. The summed E-state index contributed by atoms with van der Waals surface area (Å²) in [5, 5.41) is 0. The Labute approximate surface area is 116 Å². The molecule has 0 aliphatic carbocycles. The van der Waals surface area contributed by atoms with Crippen molar-refractivity contribution >= 4 is 16.7 Å². The number of anilines is 1. The number of aromatic nitrogens is 2. The molecule has 0 saturated heterocycles. The molecule has 0 unspecified atom stereocenters. The molecule has 0 bridgehead atoms. The highest BCUT2D eigenvalue weighted by Crippen LogP contribution is 2.31. The van der Waals surface area contributed by atoms with Crippen LogP contribution in [0.3, 0.4) is 0 Å². The van der Waals surface area contributed by atoms with Crippen molar-refractivity contribution in [3.63, 3.8) is 0 Å². The number of nitrogens with two attached hydrogens (primary N) is 1. The van der Waals surface area contributed by atoms with Crippen LogP contribution in [0.25, 0.3) is 22.4 Å². The van der Waals surface area contributed by atoms with Crippen LogP contribution in [0.15, 0.2) is 30.3 Å². The number of imidazole rings is 1. The van der Waals surface area contributed by atoms with Gasteiger partial charge in [-0.3, -0.25) is 0 Å². The summed E-state index contributed by atoms with van der Waals surface area (Å²) in [6.07, 6.45) is 0. The fourth-order valence-corrected chi connectivity index (χ4v) is 2.57. The predicted molar refractivity (Wildman–Crippen MR) is 80.0 cm³/mol. The van der Waals surface area contributed by atoms with Crippen LogP contribution in [0.4, 0.5) is 10.1 Å². The Bertz CT molecular complexity index is 818. The molecule has 0 aliphatic rings. The first kappa shape index (κ1) is 12.7. The zero-order valence-corrected chi connectivity index (χ0v) is 11.7. The molecule has 0 aliphatic heterocycles. The topological polar surface area (TPSA) is 43.8 Å². The number of hydrogen-bond donors (Lipinski definition) is 1. The van der Waals surface area contributed by atoms with Crippen molar-refractivity contribution in [1.29, 1.82) is 0 Å². The second-order valence-electron chi connectivity index (χ2n) is 5.17. The third kappa shape index (κ3) is 1.84. The van der Waals surface area contributed by atoms with Crippen molar-refractivity contribution < 1.29 is 4.39 Å². The van der Waals surface area contributed by atoms with Crippen LogP contribution < -0.4 is 5.73 Å². The van der Waals surface area contributed by atoms with Crippen molar-refractivity contribution in [2.75, 3.05) is 5.73 Å². The number of halogens is 1. The van der Waals surface area contributed by atoms with Crippen LogP contribution in [-0.2, 0) is 7.05 Å². The Morgan fingerprint density at radius 1 is 1.15 bits per heavy atom. The Morgan fingerprint density at radius 2 is 1.90 bits per heavy atom. The van der Waals surface area contributed by atoms with Crippen LogP contribution in [0.1, 0.15) is 11.1 Å². The first-order valence-corrected chi connectivity index (χ1v) is 6.46. The van der Waals surface area contributed by atoms with Gasteiger partial charge < -0.3 is 10.3 Å². The lowest BCUT2D eigenvalue weighted by Gasteiger charge is -2.10. The average molecular weight is 269 g/mol. The smallest absolute Gasteiger partial charge is 0.142 e. The quantitative estimate of drug-likeness (QED) is 0.686. The Morgan fingerprint density at radius 3 is 2.65 bits per heavy atom. The lowest BCUT2D eigenvalue weighted by molar-refractivity contribution is 0.629. The molecule has 3 rings (SSSR count). The van der Waals surface area contributed by atoms with Crippen LogP contribution in [0.2, 0.25) is 0 Å². The predicted octanol–water partition coefficient (Wildman–Crippen LogP) is 3.58. The molecule has 1 heterocycles. The van der Waals surface area contributed by atoms with E-state index >= 15 is 0 Å². The monoisotopic (exact) mass is 269 g/mol. The molecule has 102 valence electrons. The third-order valence-electron chi connectivity index (χ3n) is 3.61. The van der Waals surface area contributed by atoms with Crippen molar-refractivity contribution in [1.82, 2.24) is 9.55 Å². The van der Waals surface area contributed by atoms with E-state index in [9.17, 15) is 4.39 Å². The van der Waals surface area contributed by atoms with Crippen LogP contribution in [-0.4, -0.2) is 9.55 Å². The lowest BCUT2D eigenvalue weighted by atomic mass is 10.0. The van der Waals surface area contributed by atoms with Gasteiger partial charge in [0.25, 0.3) is 0 Å². The summed E-state index contributed by atoms with van der Waals surface area (Å²) < 4.78 is 15.2. The second-order valence-corrected chi connectivity index (χ2v) is 5.17. The number of nitrogen functional groups attached to an aromatic ring is 1. The first-order valence-electron chi connectivity index (χ1n) is 6.46. The minimum Gasteiger partial charge on any atom is -0.398 e. The van der Waals surface area contributed by atoms with E-state index in [0.29, 0.717) is 0 Å². The first-order chi connectivity index (χ1) is 9.47. The van der Waals surface area contributed by atoms with Gasteiger partial charge in [-0.1, -0.05) is 6.07 Å².